The van der Waals surface area contributed by atoms with Gasteiger partial charge in [-0.05, 0) is 76.1 Å². The van der Waals surface area contributed by atoms with Gasteiger partial charge in [-0.25, -0.2) is 0 Å². The predicted octanol–water partition coefficient (Wildman–Crippen LogP) is 5.75. The number of carbonyl (C=O) groups is 2. The van der Waals surface area contributed by atoms with E-state index in [-0.39, 0.29) is 17.7 Å². The number of thioether (sulfide) groups is 1. The van der Waals surface area contributed by atoms with E-state index in [1.165, 1.54) is 4.90 Å². The van der Waals surface area contributed by atoms with Crippen LogP contribution in [0.5, 0.6) is 11.5 Å². The lowest BCUT2D eigenvalue weighted by Crippen LogP contribution is -2.27. The number of carbonyl (C=O) groups excluding carboxylic acids is 2. The molecule has 0 spiro atoms. The Morgan fingerprint density at radius 1 is 1.25 bits per heavy atom. The summed E-state index contributed by atoms with van der Waals surface area (Å²) >= 11 is 10.4. The molecular formula is C20H17BrClNO4S. The molecule has 1 fully saturated rings. The van der Waals surface area contributed by atoms with Crippen molar-refractivity contribution < 1.29 is 19.1 Å². The van der Waals surface area contributed by atoms with Crippen LogP contribution in [0.3, 0.4) is 0 Å². The Bertz CT molecular complexity index is 963. The van der Waals surface area contributed by atoms with Gasteiger partial charge in [-0.3, -0.25) is 14.5 Å². The summed E-state index contributed by atoms with van der Waals surface area (Å²) < 4.78 is 11.7. The van der Waals surface area contributed by atoms with Crippen LogP contribution in [-0.2, 0) is 11.3 Å². The summed E-state index contributed by atoms with van der Waals surface area (Å²) in [5, 5.41) is 0.250. The summed E-state index contributed by atoms with van der Waals surface area (Å²) in [6.45, 7) is 2.53. The normalized spacial score (nSPS) is 15.4. The number of hydrogen-bond acceptors (Lipinski definition) is 5. The van der Waals surface area contributed by atoms with Crippen molar-refractivity contribution in [1.29, 1.82) is 0 Å². The second-order valence-corrected chi connectivity index (χ2v) is 8.15. The van der Waals surface area contributed by atoms with Crippen molar-refractivity contribution in [3.63, 3.8) is 0 Å². The minimum absolute atomic E-state index is 0.180. The Kier molecular flexibility index (Phi) is 6.69. The quantitative estimate of drug-likeness (QED) is 0.491. The molecule has 28 heavy (non-hydrogen) atoms. The first-order valence-corrected chi connectivity index (χ1v) is 10.4. The summed E-state index contributed by atoms with van der Waals surface area (Å²) in [6, 6.07) is 10.7. The number of halogens is 2. The van der Waals surface area contributed by atoms with E-state index in [0.717, 1.165) is 22.9 Å². The molecule has 8 heteroatoms. The zero-order valence-corrected chi connectivity index (χ0v) is 18.4. The van der Waals surface area contributed by atoms with Crippen molar-refractivity contribution in [2.24, 2.45) is 0 Å². The van der Waals surface area contributed by atoms with E-state index in [1.54, 1.807) is 37.5 Å². The monoisotopic (exact) mass is 481 g/mol. The molecule has 0 bridgehead atoms. The van der Waals surface area contributed by atoms with Gasteiger partial charge in [0.15, 0.2) is 11.5 Å². The smallest absolute Gasteiger partial charge is 0.293 e. The summed E-state index contributed by atoms with van der Waals surface area (Å²) in [4.78, 5) is 26.7. The first kappa shape index (κ1) is 20.8. The van der Waals surface area contributed by atoms with Gasteiger partial charge in [-0.1, -0.05) is 23.7 Å². The molecule has 1 heterocycles. The number of benzene rings is 2. The minimum atomic E-state index is -0.333. The van der Waals surface area contributed by atoms with Crippen molar-refractivity contribution in [2.75, 3.05) is 13.7 Å². The maximum Gasteiger partial charge on any atom is 0.293 e. The number of methoxy groups -OCH3 is 1. The predicted molar refractivity (Wildman–Crippen MR) is 115 cm³/mol. The number of rotatable bonds is 6. The Balaban J connectivity index is 1.87. The second kappa shape index (κ2) is 9.03. The van der Waals surface area contributed by atoms with Gasteiger partial charge in [0.05, 0.1) is 29.6 Å². The highest BCUT2D eigenvalue weighted by Gasteiger charge is 2.35. The van der Waals surface area contributed by atoms with E-state index in [2.05, 4.69) is 15.9 Å². The fourth-order valence-corrected chi connectivity index (χ4v) is 4.41. The van der Waals surface area contributed by atoms with Crippen LogP contribution in [0, 0.1) is 0 Å². The fraction of sp³-hybridized carbons (Fsp3) is 0.200. The molecule has 2 amide bonds. The Labute approximate surface area is 180 Å². The maximum atomic E-state index is 12.7. The van der Waals surface area contributed by atoms with E-state index >= 15 is 0 Å². The third-order valence-corrected chi connectivity index (χ3v) is 5.67. The van der Waals surface area contributed by atoms with Crippen molar-refractivity contribution in [1.82, 2.24) is 4.90 Å². The van der Waals surface area contributed by atoms with Gasteiger partial charge < -0.3 is 9.47 Å². The Hall–Kier alpha value is -1.96. The Morgan fingerprint density at radius 2 is 2.04 bits per heavy atom. The summed E-state index contributed by atoms with van der Waals surface area (Å²) in [7, 11) is 1.56. The minimum Gasteiger partial charge on any atom is -0.492 e. The Morgan fingerprint density at radius 3 is 2.71 bits per heavy atom. The average molecular weight is 483 g/mol. The van der Waals surface area contributed by atoms with E-state index in [9.17, 15) is 9.59 Å². The first-order chi connectivity index (χ1) is 13.4. The van der Waals surface area contributed by atoms with Crippen LogP contribution in [0.4, 0.5) is 4.79 Å². The standard InChI is InChI=1S/C20H17BrClNO4S/c1-3-27-16-9-13(8-15(21)18(16)26-2)10-17-19(24)23(20(25)28-17)11-12-5-4-6-14(22)7-12/h4-10H,3,11H2,1-2H3/b17-10-. The molecule has 0 saturated carbocycles. The molecule has 2 aromatic carbocycles. The summed E-state index contributed by atoms with van der Waals surface area (Å²) in [6.07, 6.45) is 1.68. The fourth-order valence-electron chi connectivity index (χ4n) is 2.74. The number of imide groups is 1. The molecule has 3 rings (SSSR count). The third-order valence-electron chi connectivity index (χ3n) is 3.94. The molecule has 0 aromatic heterocycles. The van der Waals surface area contributed by atoms with Crippen molar-refractivity contribution >= 4 is 56.5 Å². The molecule has 0 aliphatic carbocycles. The lowest BCUT2D eigenvalue weighted by atomic mass is 10.1. The molecule has 1 aliphatic rings. The van der Waals surface area contributed by atoms with Crippen LogP contribution in [0.2, 0.25) is 5.02 Å². The lowest BCUT2D eigenvalue weighted by molar-refractivity contribution is -0.123. The highest BCUT2D eigenvalue weighted by atomic mass is 79.9. The average Bonchev–Trinajstić information content (AvgIpc) is 2.89. The van der Waals surface area contributed by atoms with Crippen molar-refractivity contribution in [2.45, 2.75) is 13.5 Å². The van der Waals surface area contributed by atoms with Crippen LogP contribution < -0.4 is 9.47 Å². The van der Waals surface area contributed by atoms with Crippen LogP contribution in [0.1, 0.15) is 18.1 Å². The summed E-state index contributed by atoms with van der Waals surface area (Å²) in [5.41, 5.74) is 1.52. The summed E-state index contributed by atoms with van der Waals surface area (Å²) in [5.74, 6) is 0.803. The van der Waals surface area contributed by atoms with Gasteiger partial charge >= 0.3 is 0 Å². The van der Waals surface area contributed by atoms with E-state index in [0.29, 0.717) is 32.5 Å². The first-order valence-electron chi connectivity index (χ1n) is 8.43. The molecule has 0 radical (unpaired) electrons. The number of hydrogen-bond donors (Lipinski definition) is 0. The van der Waals surface area contributed by atoms with Crippen LogP contribution in [0.25, 0.3) is 6.08 Å². The van der Waals surface area contributed by atoms with Gasteiger partial charge in [-0.2, -0.15) is 0 Å². The van der Waals surface area contributed by atoms with Crippen molar-refractivity contribution in [3.05, 3.63) is 61.9 Å². The number of nitrogens with zero attached hydrogens (tertiary/aromatic N) is 1. The molecule has 0 N–H and O–H groups in total. The van der Waals surface area contributed by atoms with Crippen molar-refractivity contribution in [3.8, 4) is 11.5 Å². The van der Waals surface area contributed by atoms with Gasteiger partial charge in [0, 0.05) is 5.02 Å². The zero-order valence-electron chi connectivity index (χ0n) is 15.2. The molecule has 1 saturated heterocycles. The van der Waals surface area contributed by atoms with Crippen LogP contribution >= 0.6 is 39.3 Å². The van der Waals surface area contributed by atoms with E-state index in [1.807, 2.05) is 19.1 Å². The van der Waals surface area contributed by atoms with Gasteiger partial charge in [0.2, 0.25) is 0 Å². The molecule has 2 aromatic rings. The van der Waals surface area contributed by atoms with E-state index < -0.39 is 0 Å². The highest BCUT2D eigenvalue weighted by Crippen LogP contribution is 2.39. The molecular weight excluding hydrogens is 466 g/mol. The third kappa shape index (κ3) is 4.54. The molecule has 0 atom stereocenters. The topological polar surface area (TPSA) is 55.8 Å². The molecule has 0 unspecified atom stereocenters. The second-order valence-electron chi connectivity index (χ2n) is 5.86. The number of amides is 2. The van der Waals surface area contributed by atoms with Gasteiger partial charge in [0.1, 0.15) is 0 Å². The zero-order chi connectivity index (χ0) is 20.3. The van der Waals surface area contributed by atoms with Gasteiger partial charge in [-0.15, -0.1) is 0 Å². The molecule has 5 nitrogen and oxygen atoms in total. The highest BCUT2D eigenvalue weighted by molar-refractivity contribution is 9.10. The van der Waals surface area contributed by atoms with Crippen LogP contribution in [-0.4, -0.2) is 29.8 Å². The molecule has 146 valence electrons. The van der Waals surface area contributed by atoms with E-state index in [4.69, 9.17) is 21.1 Å². The largest absolute Gasteiger partial charge is 0.492 e. The van der Waals surface area contributed by atoms with Gasteiger partial charge in [0.25, 0.3) is 11.1 Å². The van der Waals surface area contributed by atoms with Crippen LogP contribution in [0.15, 0.2) is 45.8 Å². The molecule has 1 aliphatic heterocycles. The maximum absolute atomic E-state index is 12.7. The SMILES string of the molecule is CCOc1cc(/C=C2\SC(=O)N(Cc3cccc(Cl)c3)C2=O)cc(Br)c1OC. The number of ether oxygens (including phenoxy) is 2. The lowest BCUT2D eigenvalue weighted by Gasteiger charge is -2.13.